The zero-order valence-electron chi connectivity index (χ0n) is 9.10. The highest BCUT2D eigenvalue weighted by Gasteiger charge is 2.11. The Balaban J connectivity index is 2.30. The molecule has 1 atom stereocenters. The van der Waals surface area contributed by atoms with Gasteiger partial charge in [-0.3, -0.25) is 0 Å². The van der Waals surface area contributed by atoms with Crippen LogP contribution < -0.4 is 0 Å². The van der Waals surface area contributed by atoms with Gasteiger partial charge in [-0.25, -0.2) is 4.98 Å². The Morgan fingerprint density at radius 3 is 2.88 bits per heavy atom. The molecule has 2 rings (SSSR count). The van der Waals surface area contributed by atoms with E-state index < -0.39 is 6.10 Å². The average molecular weight is 297 g/mol. The van der Waals surface area contributed by atoms with Crippen molar-refractivity contribution in [2.45, 2.75) is 12.5 Å². The van der Waals surface area contributed by atoms with Crippen molar-refractivity contribution in [3.8, 4) is 11.3 Å². The molecule has 0 saturated carbocycles. The fourth-order valence-electron chi connectivity index (χ4n) is 1.67. The van der Waals surface area contributed by atoms with Crippen molar-refractivity contribution < 1.29 is 10.2 Å². The molecule has 0 saturated heterocycles. The van der Waals surface area contributed by atoms with Gasteiger partial charge in [0.15, 0.2) is 0 Å². The zero-order chi connectivity index (χ0) is 12.3. The van der Waals surface area contributed by atoms with Gasteiger partial charge in [-0.1, -0.05) is 6.07 Å². The van der Waals surface area contributed by atoms with Crippen LogP contribution in [-0.4, -0.2) is 32.9 Å². The number of aliphatic hydroxyl groups excluding tert-OH is 2. The van der Waals surface area contributed by atoms with Crippen LogP contribution in [0.25, 0.3) is 11.3 Å². The van der Waals surface area contributed by atoms with E-state index in [4.69, 9.17) is 5.11 Å². The van der Waals surface area contributed by atoms with Crippen molar-refractivity contribution in [3.63, 3.8) is 0 Å². The molecule has 2 aromatic heterocycles. The third-order valence-electron chi connectivity index (χ3n) is 2.47. The van der Waals surface area contributed by atoms with Gasteiger partial charge in [-0.05, 0) is 34.1 Å². The van der Waals surface area contributed by atoms with Crippen LogP contribution in [0.2, 0.25) is 0 Å². The summed E-state index contributed by atoms with van der Waals surface area (Å²) in [5.74, 6) is 0. The van der Waals surface area contributed by atoms with Crippen molar-refractivity contribution >= 4 is 15.9 Å². The normalized spacial score (nSPS) is 12.6. The number of rotatable bonds is 4. The largest absolute Gasteiger partial charge is 0.394 e. The lowest BCUT2D eigenvalue weighted by atomic mass is 10.1. The fourth-order valence-corrected chi connectivity index (χ4v) is 2.01. The average Bonchev–Trinajstić information content (AvgIpc) is 2.77. The van der Waals surface area contributed by atoms with Crippen LogP contribution in [0, 0.1) is 0 Å². The summed E-state index contributed by atoms with van der Waals surface area (Å²) in [4.78, 5) is 7.42. The first-order valence-corrected chi connectivity index (χ1v) is 6.08. The summed E-state index contributed by atoms with van der Waals surface area (Å²) in [6, 6.07) is 7.58. The molecular formula is C12H13BrN2O2. The highest BCUT2D eigenvalue weighted by Crippen LogP contribution is 2.23. The van der Waals surface area contributed by atoms with Crippen LogP contribution in [0.4, 0.5) is 0 Å². The van der Waals surface area contributed by atoms with Crippen molar-refractivity contribution in [3.05, 3.63) is 40.8 Å². The standard InChI is InChI=1S/C12H13BrN2O2/c13-12-3-1-2-10(15-12)9-4-5-14-11(9)6-8(17)7-16/h1-5,8,14,16-17H,6-7H2. The molecular weight excluding hydrogens is 284 g/mol. The summed E-state index contributed by atoms with van der Waals surface area (Å²) in [7, 11) is 0. The van der Waals surface area contributed by atoms with E-state index in [1.54, 1.807) is 6.20 Å². The van der Waals surface area contributed by atoms with Gasteiger partial charge in [0.1, 0.15) is 4.60 Å². The van der Waals surface area contributed by atoms with Crippen LogP contribution >= 0.6 is 15.9 Å². The van der Waals surface area contributed by atoms with Crippen molar-refractivity contribution in [1.29, 1.82) is 0 Å². The van der Waals surface area contributed by atoms with Gasteiger partial charge in [0, 0.05) is 23.9 Å². The molecule has 0 amide bonds. The maximum atomic E-state index is 9.46. The molecule has 0 aliphatic heterocycles. The van der Waals surface area contributed by atoms with E-state index in [9.17, 15) is 5.11 Å². The molecule has 4 nitrogen and oxygen atoms in total. The molecule has 0 spiro atoms. The summed E-state index contributed by atoms with van der Waals surface area (Å²) in [5.41, 5.74) is 2.65. The molecule has 0 radical (unpaired) electrons. The minimum Gasteiger partial charge on any atom is -0.394 e. The van der Waals surface area contributed by atoms with E-state index in [2.05, 4.69) is 25.9 Å². The molecule has 0 aliphatic carbocycles. The maximum Gasteiger partial charge on any atom is 0.106 e. The second-order valence-corrected chi connectivity index (χ2v) is 4.57. The molecule has 90 valence electrons. The van der Waals surface area contributed by atoms with Gasteiger partial charge in [-0.2, -0.15) is 0 Å². The fraction of sp³-hybridized carbons (Fsp3) is 0.250. The molecule has 0 aliphatic rings. The molecule has 0 aromatic carbocycles. The first-order chi connectivity index (χ1) is 8.20. The Kier molecular flexibility index (Phi) is 3.93. The number of pyridine rings is 1. The second-order valence-electron chi connectivity index (χ2n) is 3.76. The van der Waals surface area contributed by atoms with Crippen LogP contribution in [0.1, 0.15) is 5.69 Å². The molecule has 2 aromatic rings. The second kappa shape index (κ2) is 5.44. The van der Waals surface area contributed by atoms with Gasteiger partial charge in [0.05, 0.1) is 18.4 Å². The minimum atomic E-state index is -0.750. The minimum absolute atomic E-state index is 0.246. The Morgan fingerprint density at radius 1 is 1.35 bits per heavy atom. The van der Waals surface area contributed by atoms with Crippen LogP contribution in [0.15, 0.2) is 35.1 Å². The maximum absolute atomic E-state index is 9.46. The highest BCUT2D eigenvalue weighted by atomic mass is 79.9. The smallest absolute Gasteiger partial charge is 0.106 e. The number of aromatic amines is 1. The Bertz CT molecular complexity index is 499. The van der Waals surface area contributed by atoms with Crippen LogP contribution in [-0.2, 0) is 6.42 Å². The first kappa shape index (κ1) is 12.3. The van der Waals surface area contributed by atoms with Crippen molar-refractivity contribution in [2.24, 2.45) is 0 Å². The number of nitrogens with one attached hydrogen (secondary N) is 1. The Hall–Kier alpha value is -1.17. The molecule has 2 heterocycles. The summed E-state index contributed by atoms with van der Waals surface area (Å²) in [6.45, 7) is -0.246. The summed E-state index contributed by atoms with van der Waals surface area (Å²) in [5, 5.41) is 18.3. The van der Waals surface area contributed by atoms with E-state index >= 15 is 0 Å². The van der Waals surface area contributed by atoms with E-state index in [1.807, 2.05) is 24.3 Å². The van der Waals surface area contributed by atoms with Crippen molar-refractivity contribution in [2.75, 3.05) is 6.61 Å². The van der Waals surface area contributed by atoms with Gasteiger partial charge in [-0.15, -0.1) is 0 Å². The van der Waals surface area contributed by atoms with E-state index in [0.717, 1.165) is 21.6 Å². The predicted molar refractivity (Wildman–Crippen MR) is 68.5 cm³/mol. The SMILES string of the molecule is OCC(O)Cc1[nH]ccc1-c1cccc(Br)n1. The Morgan fingerprint density at radius 2 is 2.18 bits per heavy atom. The topological polar surface area (TPSA) is 69.1 Å². The van der Waals surface area contributed by atoms with Gasteiger partial charge >= 0.3 is 0 Å². The monoisotopic (exact) mass is 296 g/mol. The van der Waals surface area contributed by atoms with E-state index in [0.29, 0.717) is 6.42 Å². The lowest BCUT2D eigenvalue weighted by Crippen LogP contribution is -2.15. The number of aromatic nitrogens is 2. The van der Waals surface area contributed by atoms with Gasteiger partial charge in [0.2, 0.25) is 0 Å². The number of hydrogen-bond donors (Lipinski definition) is 3. The number of aliphatic hydroxyl groups is 2. The predicted octanol–water partition coefficient (Wildman–Crippen LogP) is 1.73. The highest BCUT2D eigenvalue weighted by molar-refractivity contribution is 9.10. The van der Waals surface area contributed by atoms with E-state index in [-0.39, 0.29) is 6.61 Å². The summed E-state index contributed by atoms with van der Waals surface area (Å²) in [6.07, 6.45) is 1.43. The number of hydrogen-bond acceptors (Lipinski definition) is 3. The Labute approximate surface area is 107 Å². The van der Waals surface area contributed by atoms with E-state index in [1.165, 1.54) is 0 Å². The number of nitrogens with zero attached hydrogens (tertiary/aromatic N) is 1. The zero-order valence-corrected chi connectivity index (χ0v) is 10.7. The molecule has 0 bridgehead atoms. The molecule has 3 N–H and O–H groups in total. The third-order valence-corrected chi connectivity index (χ3v) is 2.92. The van der Waals surface area contributed by atoms with Gasteiger partial charge < -0.3 is 15.2 Å². The van der Waals surface area contributed by atoms with Crippen LogP contribution in [0.5, 0.6) is 0 Å². The van der Waals surface area contributed by atoms with Crippen LogP contribution in [0.3, 0.4) is 0 Å². The molecule has 1 unspecified atom stereocenters. The van der Waals surface area contributed by atoms with Crippen molar-refractivity contribution in [1.82, 2.24) is 9.97 Å². The first-order valence-electron chi connectivity index (χ1n) is 5.29. The third kappa shape index (κ3) is 2.94. The lowest BCUT2D eigenvalue weighted by Gasteiger charge is -2.08. The molecule has 5 heteroatoms. The molecule has 0 fully saturated rings. The number of H-pyrrole nitrogens is 1. The number of halogens is 1. The summed E-state index contributed by atoms with van der Waals surface area (Å²) < 4.78 is 0.768. The molecule has 17 heavy (non-hydrogen) atoms. The summed E-state index contributed by atoms with van der Waals surface area (Å²) >= 11 is 3.33. The quantitative estimate of drug-likeness (QED) is 0.753. The van der Waals surface area contributed by atoms with Gasteiger partial charge in [0.25, 0.3) is 0 Å². The lowest BCUT2D eigenvalue weighted by molar-refractivity contribution is 0.0949.